The smallest absolute Gasteiger partial charge is 0.326 e. The van der Waals surface area contributed by atoms with Gasteiger partial charge in [0, 0.05) is 24.9 Å². The number of carbonyl (C=O) groups excluding carboxylic acids is 1. The van der Waals surface area contributed by atoms with Crippen LogP contribution in [0.2, 0.25) is 0 Å². The Labute approximate surface area is 186 Å². The van der Waals surface area contributed by atoms with Crippen LogP contribution >= 0.6 is 11.3 Å². The predicted molar refractivity (Wildman–Crippen MR) is 125 cm³/mol. The van der Waals surface area contributed by atoms with Gasteiger partial charge in [0.25, 0.3) is 0 Å². The Balaban J connectivity index is 1.73. The molecule has 3 rings (SSSR count). The number of aromatic nitrogens is 2. The molecule has 7 nitrogen and oxygen atoms in total. The molecule has 31 heavy (non-hydrogen) atoms. The molecule has 1 amide bonds. The Morgan fingerprint density at radius 1 is 1.23 bits per heavy atom. The van der Waals surface area contributed by atoms with E-state index in [2.05, 4.69) is 33.5 Å². The average Bonchev–Trinajstić information content (AvgIpc) is 3.18. The van der Waals surface area contributed by atoms with Crippen LogP contribution < -0.4 is 10.2 Å². The zero-order chi connectivity index (χ0) is 22.4. The lowest BCUT2D eigenvalue weighted by atomic mass is 10.1. The Kier molecular flexibility index (Phi) is 7.57. The number of hydrogen-bond acceptors (Lipinski definition) is 6. The summed E-state index contributed by atoms with van der Waals surface area (Å²) >= 11 is 1.62. The SMILES string of the molecule is CCCCC(NC(=O)CCN(C)c1nc(C)nc2sc(-c3ccccc3)cc12)C(=O)O. The van der Waals surface area contributed by atoms with Crippen molar-refractivity contribution in [1.82, 2.24) is 15.3 Å². The van der Waals surface area contributed by atoms with Gasteiger partial charge in [-0.2, -0.15) is 0 Å². The van der Waals surface area contributed by atoms with Crippen LogP contribution in [-0.2, 0) is 9.59 Å². The number of aliphatic carboxylic acids is 1. The number of carbonyl (C=O) groups is 2. The number of carboxylic acids is 1. The number of rotatable bonds is 10. The first-order valence-corrected chi connectivity index (χ1v) is 11.3. The van der Waals surface area contributed by atoms with E-state index in [1.165, 1.54) is 0 Å². The molecule has 2 N–H and O–H groups in total. The Morgan fingerprint density at radius 2 is 1.97 bits per heavy atom. The molecular formula is C23H28N4O3S. The summed E-state index contributed by atoms with van der Waals surface area (Å²) in [5.74, 6) is 0.183. The number of benzene rings is 1. The number of nitrogens with one attached hydrogen (secondary N) is 1. The average molecular weight is 441 g/mol. The number of carboxylic acid groups (broad SMARTS) is 1. The lowest BCUT2D eigenvalue weighted by molar-refractivity contribution is -0.142. The van der Waals surface area contributed by atoms with Crippen LogP contribution in [0.4, 0.5) is 5.82 Å². The third kappa shape index (κ3) is 5.79. The first-order chi connectivity index (χ1) is 14.9. The van der Waals surface area contributed by atoms with Crippen LogP contribution in [0.5, 0.6) is 0 Å². The third-order valence-electron chi connectivity index (χ3n) is 5.06. The van der Waals surface area contributed by atoms with Crippen molar-refractivity contribution in [1.29, 1.82) is 0 Å². The molecule has 0 aliphatic carbocycles. The minimum Gasteiger partial charge on any atom is -0.480 e. The number of fused-ring (bicyclic) bond motifs is 1. The van der Waals surface area contributed by atoms with Gasteiger partial charge in [-0.3, -0.25) is 4.79 Å². The lowest BCUT2D eigenvalue weighted by Gasteiger charge is -2.20. The number of nitrogens with zero attached hydrogens (tertiary/aromatic N) is 3. The Hall–Kier alpha value is -3.00. The van der Waals surface area contributed by atoms with E-state index in [9.17, 15) is 14.7 Å². The topological polar surface area (TPSA) is 95.4 Å². The van der Waals surface area contributed by atoms with E-state index in [0.717, 1.165) is 39.3 Å². The number of hydrogen-bond donors (Lipinski definition) is 2. The van der Waals surface area contributed by atoms with E-state index in [0.29, 0.717) is 18.8 Å². The maximum atomic E-state index is 12.3. The van der Waals surface area contributed by atoms with Gasteiger partial charge in [0.15, 0.2) is 0 Å². The van der Waals surface area contributed by atoms with E-state index in [4.69, 9.17) is 0 Å². The van der Waals surface area contributed by atoms with Crippen molar-refractivity contribution in [2.45, 2.75) is 45.6 Å². The minimum atomic E-state index is -0.991. The van der Waals surface area contributed by atoms with Crippen LogP contribution in [0.1, 0.15) is 38.4 Å². The zero-order valence-electron chi connectivity index (χ0n) is 18.1. The highest BCUT2D eigenvalue weighted by molar-refractivity contribution is 7.21. The second-order valence-corrected chi connectivity index (χ2v) is 8.59. The van der Waals surface area contributed by atoms with Gasteiger partial charge in [-0.15, -0.1) is 11.3 Å². The number of unbranched alkanes of at least 4 members (excludes halogenated alkanes) is 1. The van der Waals surface area contributed by atoms with Crippen molar-refractivity contribution in [3.63, 3.8) is 0 Å². The van der Waals surface area contributed by atoms with Crippen molar-refractivity contribution >= 4 is 39.2 Å². The molecule has 0 aliphatic heterocycles. The fraction of sp³-hybridized carbons (Fsp3) is 0.391. The van der Waals surface area contributed by atoms with Crippen molar-refractivity contribution in [2.75, 3.05) is 18.5 Å². The van der Waals surface area contributed by atoms with E-state index in [1.807, 2.05) is 44.0 Å². The van der Waals surface area contributed by atoms with Gasteiger partial charge >= 0.3 is 5.97 Å². The summed E-state index contributed by atoms with van der Waals surface area (Å²) in [4.78, 5) is 36.9. The quantitative estimate of drug-likeness (QED) is 0.489. The van der Waals surface area contributed by atoms with Gasteiger partial charge in [0.1, 0.15) is 22.5 Å². The molecule has 8 heteroatoms. The summed E-state index contributed by atoms with van der Waals surface area (Å²) in [5.41, 5.74) is 1.13. The summed E-state index contributed by atoms with van der Waals surface area (Å²) in [6.07, 6.45) is 2.28. The summed E-state index contributed by atoms with van der Waals surface area (Å²) in [6.45, 7) is 4.28. The number of amides is 1. The molecule has 3 aromatic rings. The molecule has 1 aromatic carbocycles. The maximum Gasteiger partial charge on any atom is 0.326 e. The van der Waals surface area contributed by atoms with Gasteiger partial charge in [-0.25, -0.2) is 14.8 Å². The largest absolute Gasteiger partial charge is 0.480 e. The second-order valence-electron chi connectivity index (χ2n) is 7.56. The van der Waals surface area contributed by atoms with Crippen molar-refractivity contribution < 1.29 is 14.7 Å². The first-order valence-electron chi connectivity index (χ1n) is 10.5. The van der Waals surface area contributed by atoms with Crippen LogP contribution in [0.15, 0.2) is 36.4 Å². The molecule has 1 unspecified atom stereocenters. The Bertz CT molecular complexity index is 1050. The van der Waals surface area contributed by atoms with Crippen LogP contribution in [0.3, 0.4) is 0 Å². The van der Waals surface area contributed by atoms with Crippen molar-refractivity contribution in [3.05, 3.63) is 42.2 Å². The van der Waals surface area contributed by atoms with Gasteiger partial charge in [0.2, 0.25) is 5.91 Å². The van der Waals surface area contributed by atoms with Crippen molar-refractivity contribution in [3.8, 4) is 10.4 Å². The Morgan fingerprint density at radius 3 is 2.65 bits per heavy atom. The molecule has 0 saturated carbocycles. The van der Waals surface area contributed by atoms with Crippen molar-refractivity contribution in [2.24, 2.45) is 0 Å². The highest BCUT2D eigenvalue weighted by atomic mass is 32.1. The highest BCUT2D eigenvalue weighted by Crippen LogP contribution is 2.36. The molecule has 0 spiro atoms. The maximum absolute atomic E-state index is 12.3. The van der Waals surface area contributed by atoms with Crippen LogP contribution in [-0.4, -0.2) is 46.6 Å². The van der Waals surface area contributed by atoms with E-state index < -0.39 is 12.0 Å². The van der Waals surface area contributed by atoms with Gasteiger partial charge < -0.3 is 15.3 Å². The standard InChI is InChI=1S/C23H28N4O3S/c1-4-5-11-18(23(29)30)26-20(28)12-13-27(3)21-17-14-19(16-9-7-6-8-10-16)31-22(17)25-15(2)24-21/h6-10,14,18H,4-5,11-13H2,1-3H3,(H,26,28)(H,29,30). The zero-order valence-corrected chi connectivity index (χ0v) is 18.9. The molecule has 0 radical (unpaired) electrons. The predicted octanol–water partition coefficient (Wildman–Crippen LogP) is 4.25. The summed E-state index contributed by atoms with van der Waals surface area (Å²) in [5, 5.41) is 12.9. The fourth-order valence-electron chi connectivity index (χ4n) is 3.35. The molecule has 2 aromatic heterocycles. The van der Waals surface area contributed by atoms with E-state index in [1.54, 1.807) is 11.3 Å². The first kappa shape index (κ1) is 22.7. The normalized spacial score (nSPS) is 12.0. The fourth-order valence-corrected chi connectivity index (χ4v) is 4.43. The van der Waals surface area contributed by atoms with Crippen LogP contribution in [0.25, 0.3) is 20.7 Å². The monoisotopic (exact) mass is 440 g/mol. The molecule has 1 atom stereocenters. The second kappa shape index (κ2) is 10.3. The molecule has 0 fully saturated rings. The third-order valence-corrected chi connectivity index (χ3v) is 6.14. The van der Waals surface area contributed by atoms with Gasteiger partial charge in [-0.05, 0) is 25.0 Å². The number of anilines is 1. The number of thiophene rings is 1. The van der Waals surface area contributed by atoms with Crippen LogP contribution in [0, 0.1) is 6.92 Å². The molecule has 164 valence electrons. The molecule has 0 saturated heterocycles. The number of aryl methyl sites for hydroxylation is 1. The minimum absolute atomic E-state index is 0.187. The van der Waals surface area contributed by atoms with Gasteiger partial charge in [0.05, 0.1) is 5.39 Å². The summed E-state index contributed by atoms with van der Waals surface area (Å²) < 4.78 is 0. The molecule has 0 aliphatic rings. The van der Waals surface area contributed by atoms with Gasteiger partial charge in [-0.1, -0.05) is 50.1 Å². The summed E-state index contributed by atoms with van der Waals surface area (Å²) in [6, 6.07) is 11.4. The molecular weight excluding hydrogens is 412 g/mol. The lowest BCUT2D eigenvalue weighted by Crippen LogP contribution is -2.41. The van der Waals surface area contributed by atoms with E-state index in [-0.39, 0.29) is 12.3 Å². The van der Waals surface area contributed by atoms with E-state index >= 15 is 0 Å². The molecule has 0 bridgehead atoms. The summed E-state index contributed by atoms with van der Waals surface area (Å²) in [7, 11) is 1.89. The molecule has 2 heterocycles. The highest BCUT2D eigenvalue weighted by Gasteiger charge is 2.20.